The Kier molecular flexibility index (Phi) is 5.64. The number of aromatic nitrogens is 2. The third-order valence-corrected chi connectivity index (χ3v) is 6.55. The van der Waals surface area contributed by atoms with Crippen molar-refractivity contribution in [2.45, 2.75) is 44.7 Å². The lowest BCUT2D eigenvalue weighted by molar-refractivity contribution is -0.132. The van der Waals surface area contributed by atoms with Crippen molar-refractivity contribution in [2.24, 2.45) is 0 Å². The molecule has 3 aromatic rings. The van der Waals surface area contributed by atoms with Crippen LogP contribution in [-0.4, -0.2) is 50.8 Å². The van der Waals surface area contributed by atoms with Gasteiger partial charge in [0, 0.05) is 38.5 Å². The minimum Gasteiger partial charge on any atom is -0.341 e. The summed E-state index contributed by atoms with van der Waals surface area (Å²) >= 11 is 0. The van der Waals surface area contributed by atoms with Crippen molar-refractivity contribution in [1.82, 2.24) is 19.4 Å². The first-order chi connectivity index (χ1) is 15.6. The van der Waals surface area contributed by atoms with Crippen molar-refractivity contribution in [1.29, 1.82) is 0 Å². The van der Waals surface area contributed by atoms with E-state index in [2.05, 4.69) is 0 Å². The molecule has 0 spiro atoms. The first kappa shape index (κ1) is 20.7. The molecule has 2 aliphatic heterocycles. The highest BCUT2D eigenvalue weighted by Crippen LogP contribution is 2.31. The molecule has 2 aliphatic rings. The number of benzene rings is 2. The highest BCUT2D eigenvalue weighted by molar-refractivity contribution is 5.83. The molecule has 2 fully saturated rings. The molecule has 2 aromatic carbocycles. The highest BCUT2D eigenvalue weighted by Gasteiger charge is 2.34. The maximum atomic E-state index is 13.2. The molecule has 166 valence electrons. The second-order valence-corrected chi connectivity index (χ2v) is 8.79. The Labute approximate surface area is 186 Å². The van der Waals surface area contributed by atoms with E-state index in [1.165, 1.54) is 18.6 Å². The monoisotopic (exact) mass is 434 g/mol. The third-order valence-electron chi connectivity index (χ3n) is 6.55. The summed E-state index contributed by atoms with van der Waals surface area (Å²) in [6, 6.07) is 14.1. The predicted molar refractivity (Wildman–Crippen MR) is 119 cm³/mol. The van der Waals surface area contributed by atoms with E-state index in [9.17, 15) is 14.0 Å². The van der Waals surface area contributed by atoms with Gasteiger partial charge in [0.05, 0.1) is 11.0 Å². The molecule has 2 saturated heterocycles. The molecule has 0 radical (unpaired) electrons. The van der Waals surface area contributed by atoms with Crippen LogP contribution in [0, 0.1) is 5.82 Å². The summed E-state index contributed by atoms with van der Waals surface area (Å²) in [4.78, 5) is 34.4. The van der Waals surface area contributed by atoms with Gasteiger partial charge in [-0.05, 0) is 49.1 Å². The van der Waals surface area contributed by atoms with Gasteiger partial charge in [-0.3, -0.25) is 9.59 Å². The summed E-state index contributed by atoms with van der Waals surface area (Å²) < 4.78 is 15.2. The van der Waals surface area contributed by atoms with Gasteiger partial charge < -0.3 is 14.4 Å². The Morgan fingerprint density at radius 3 is 2.56 bits per heavy atom. The number of carbonyl (C=O) groups excluding carboxylic acids is 2. The summed E-state index contributed by atoms with van der Waals surface area (Å²) in [5.41, 5.74) is 2.67. The summed E-state index contributed by atoms with van der Waals surface area (Å²) in [7, 11) is 0. The largest absolute Gasteiger partial charge is 0.341 e. The molecule has 2 amide bonds. The van der Waals surface area contributed by atoms with Crippen LogP contribution in [0.5, 0.6) is 0 Å². The molecule has 1 atom stereocenters. The van der Waals surface area contributed by atoms with Gasteiger partial charge in [-0.25, -0.2) is 9.37 Å². The minimum absolute atomic E-state index is 0.0558. The molecule has 32 heavy (non-hydrogen) atoms. The van der Waals surface area contributed by atoms with E-state index >= 15 is 0 Å². The SMILES string of the molecule is O=C(Cn1c(C2CC(=O)N(Cc3ccc(F)cc3)C2)nc2ccccc21)N1CCCCC1. The van der Waals surface area contributed by atoms with Crippen LogP contribution in [0.2, 0.25) is 0 Å². The van der Waals surface area contributed by atoms with E-state index in [1.54, 1.807) is 17.0 Å². The fourth-order valence-corrected chi connectivity index (χ4v) is 4.86. The molecule has 1 unspecified atom stereocenters. The number of para-hydroxylation sites is 2. The maximum absolute atomic E-state index is 13.2. The molecule has 0 saturated carbocycles. The van der Waals surface area contributed by atoms with Crippen LogP contribution in [0.1, 0.15) is 43.0 Å². The number of imidazole rings is 1. The van der Waals surface area contributed by atoms with Gasteiger partial charge in [0.25, 0.3) is 0 Å². The van der Waals surface area contributed by atoms with Crippen molar-refractivity contribution in [3.8, 4) is 0 Å². The lowest BCUT2D eigenvalue weighted by Gasteiger charge is -2.27. The Bertz CT molecular complexity index is 1130. The van der Waals surface area contributed by atoms with E-state index in [0.717, 1.165) is 48.4 Å². The van der Waals surface area contributed by atoms with E-state index in [0.29, 0.717) is 19.5 Å². The average molecular weight is 435 g/mol. The average Bonchev–Trinajstić information content (AvgIpc) is 3.36. The first-order valence-corrected chi connectivity index (χ1v) is 11.3. The number of hydrogen-bond acceptors (Lipinski definition) is 3. The maximum Gasteiger partial charge on any atom is 0.242 e. The second-order valence-electron chi connectivity index (χ2n) is 8.79. The Balaban J connectivity index is 1.39. The number of rotatable bonds is 5. The highest BCUT2D eigenvalue weighted by atomic mass is 19.1. The number of nitrogens with zero attached hydrogens (tertiary/aromatic N) is 4. The van der Waals surface area contributed by atoms with Crippen LogP contribution >= 0.6 is 0 Å². The Hall–Kier alpha value is -3.22. The second kappa shape index (κ2) is 8.73. The van der Waals surface area contributed by atoms with Crippen LogP contribution in [-0.2, 0) is 22.7 Å². The van der Waals surface area contributed by atoms with E-state index in [-0.39, 0.29) is 30.1 Å². The smallest absolute Gasteiger partial charge is 0.242 e. The van der Waals surface area contributed by atoms with Crippen molar-refractivity contribution < 1.29 is 14.0 Å². The molecule has 1 aromatic heterocycles. The minimum atomic E-state index is -0.286. The van der Waals surface area contributed by atoms with Crippen LogP contribution in [0.25, 0.3) is 11.0 Å². The zero-order chi connectivity index (χ0) is 22.1. The van der Waals surface area contributed by atoms with Gasteiger partial charge in [0.1, 0.15) is 18.2 Å². The van der Waals surface area contributed by atoms with Crippen molar-refractivity contribution in [3.05, 3.63) is 65.7 Å². The fourth-order valence-electron chi connectivity index (χ4n) is 4.86. The van der Waals surface area contributed by atoms with E-state index in [1.807, 2.05) is 33.7 Å². The quantitative estimate of drug-likeness (QED) is 0.615. The van der Waals surface area contributed by atoms with Crippen LogP contribution in [0.3, 0.4) is 0 Å². The van der Waals surface area contributed by atoms with Crippen molar-refractivity contribution in [3.63, 3.8) is 0 Å². The topological polar surface area (TPSA) is 58.4 Å². The number of hydrogen-bond donors (Lipinski definition) is 0. The standard InChI is InChI=1S/C25H27FN4O2/c26-20-10-8-18(9-11-20)15-29-16-19(14-23(29)31)25-27-21-6-2-3-7-22(21)30(25)17-24(32)28-12-4-1-5-13-28/h2-3,6-11,19H,1,4-5,12-17H2. The third kappa shape index (κ3) is 4.11. The normalized spacial score (nSPS) is 19.2. The number of fused-ring (bicyclic) bond motifs is 1. The van der Waals surface area contributed by atoms with Crippen molar-refractivity contribution in [2.75, 3.05) is 19.6 Å². The van der Waals surface area contributed by atoms with Gasteiger partial charge in [-0.1, -0.05) is 24.3 Å². The number of halogens is 1. The van der Waals surface area contributed by atoms with Gasteiger partial charge in [0.15, 0.2) is 0 Å². The summed E-state index contributed by atoms with van der Waals surface area (Å²) in [5.74, 6) is 0.601. The molecule has 7 heteroatoms. The van der Waals surface area contributed by atoms with Gasteiger partial charge in [-0.2, -0.15) is 0 Å². The van der Waals surface area contributed by atoms with Gasteiger partial charge in [0.2, 0.25) is 11.8 Å². The van der Waals surface area contributed by atoms with E-state index in [4.69, 9.17) is 4.98 Å². The molecule has 3 heterocycles. The number of amides is 2. The van der Waals surface area contributed by atoms with Crippen LogP contribution < -0.4 is 0 Å². The summed E-state index contributed by atoms with van der Waals surface area (Å²) in [6.07, 6.45) is 3.65. The molecule has 0 aliphatic carbocycles. The number of likely N-dealkylation sites (tertiary alicyclic amines) is 2. The summed E-state index contributed by atoms with van der Waals surface area (Å²) in [6.45, 7) is 2.86. The lowest BCUT2D eigenvalue weighted by atomic mass is 10.1. The number of carbonyl (C=O) groups is 2. The molecule has 0 bridgehead atoms. The summed E-state index contributed by atoms with van der Waals surface area (Å²) in [5, 5.41) is 0. The zero-order valence-electron chi connectivity index (χ0n) is 18.0. The van der Waals surface area contributed by atoms with Gasteiger partial charge in [-0.15, -0.1) is 0 Å². The predicted octanol–water partition coefficient (Wildman–Crippen LogP) is 3.70. The van der Waals surface area contributed by atoms with Gasteiger partial charge >= 0.3 is 0 Å². The Morgan fingerprint density at radius 1 is 1.03 bits per heavy atom. The molecule has 5 rings (SSSR count). The zero-order valence-corrected chi connectivity index (χ0v) is 18.0. The lowest BCUT2D eigenvalue weighted by Crippen LogP contribution is -2.38. The molecular formula is C25H27FN4O2. The molecule has 6 nitrogen and oxygen atoms in total. The fraction of sp³-hybridized carbons (Fsp3) is 0.400. The molecular weight excluding hydrogens is 407 g/mol. The molecule has 0 N–H and O–H groups in total. The van der Waals surface area contributed by atoms with E-state index < -0.39 is 0 Å². The first-order valence-electron chi connectivity index (χ1n) is 11.3. The van der Waals surface area contributed by atoms with Crippen LogP contribution in [0.15, 0.2) is 48.5 Å². The Morgan fingerprint density at radius 2 is 1.78 bits per heavy atom. The van der Waals surface area contributed by atoms with Crippen LogP contribution in [0.4, 0.5) is 4.39 Å². The van der Waals surface area contributed by atoms with Crippen molar-refractivity contribution >= 4 is 22.8 Å². The number of piperidine rings is 1.